The Labute approximate surface area is 111 Å². The summed E-state index contributed by atoms with van der Waals surface area (Å²) in [4.78, 5) is 0. The van der Waals surface area contributed by atoms with Crippen LogP contribution in [0.2, 0.25) is 0 Å². The van der Waals surface area contributed by atoms with Crippen LogP contribution in [0.5, 0.6) is 0 Å². The molecule has 0 atom stereocenters. The second-order valence-electron chi connectivity index (χ2n) is 6.02. The van der Waals surface area contributed by atoms with Gasteiger partial charge in [-0.3, -0.25) is 0 Å². The van der Waals surface area contributed by atoms with Gasteiger partial charge in [0.15, 0.2) is 0 Å². The van der Waals surface area contributed by atoms with Gasteiger partial charge in [-0.2, -0.15) is 0 Å². The third-order valence-corrected chi connectivity index (χ3v) is 4.57. The highest BCUT2D eigenvalue weighted by Gasteiger charge is 2.14. The van der Waals surface area contributed by atoms with Gasteiger partial charge in [-0.05, 0) is 55.4 Å². The SMILES string of the molecule is c1cc2c(cc1NC1CCCCCCC1)CCC2. The number of rotatable bonds is 2. The standard InChI is InChI=1S/C17H25N/c1-2-4-9-16(10-5-3-1)18-17-12-11-14-7-6-8-15(14)13-17/h11-13,16,18H,1-10H2. The maximum Gasteiger partial charge on any atom is 0.0345 e. The van der Waals surface area contributed by atoms with Crippen LogP contribution in [-0.2, 0) is 12.8 Å². The fourth-order valence-corrected chi connectivity index (χ4v) is 3.50. The predicted octanol–water partition coefficient (Wildman–Crippen LogP) is 4.70. The molecule has 0 bridgehead atoms. The third kappa shape index (κ3) is 2.88. The van der Waals surface area contributed by atoms with E-state index in [1.807, 2.05) is 0 Å². The summed E-state index contributed by atoms with van der Waals surface area (Å²) < 4.78 is 0. The number of benzene rings is 1. The number of anilines is 1. The molecule has 18 heavy (non-hydrogen) atoms. The average molecular weight is 243 g/mol. The maximum atomic E-state index is 3.78. The molecule has 2 aliphatic rings. The Morgan fingerprint density at radius 2 is 1.50 bits per heavy atom. The summed E-state index contributed by atoms with van der Waals surface area (Å²) in [7, 11) is 0. The molecule has 0 saturated heterocycles. The van der Waals surface area contributed by atoms with Crippen molar-refractivity contribution in [3.8, 4) is 0 Å². The van der Waals surface area contributed by atoms with Gasteiger partial charge in [0.25, 0.3) is 0 Å². The van der Waals surface area contributed by atoms with Crippen LogP contribution in [0.4, 0.5) is 5.69 Å². The average Bonchev–Trinajstić information content (AvgIpc) is 2.79. The molecule has 0 heterocycles. The third-order valence-electron chi connectivity index (χ3n) is 4.57. The van der Waals surface area contributed by atoms with Gasteiger partial charge in [0, 0.05) is 11.7 Å². The monoisotopic (exact) mass is 243 g/mol. The number of hydrogen-bond donors (Lipinski definition) is 1. The summed E-state index contributed by atoms with van der Waals surface area (Å²) >= 11 is 0. The Bertz CT molecular complexity index is 389. The first-order chi connectivity index (χ1) is 8.92. The van der Waals surface area contributed by atoms with Gasteiger partial charge >= 0.3 is 0 Å². The lowest BCUT2D eigenvalue weighted by Crippen LogP contribution is -2.20. The van der Waals surface area contributed by atoms with Crippen LogP contribution >= 0.6 is 0 Å². The molecule has 2 aliphatic carbocycles. The van der Waals surface area contributed by atoms with Gasteiger partial charge in [-0.15, -0.1) is 0 Å². The van der Waals surface area contributed by atoms with Crippen LogP contribution in [0.15, 0.2) is 18.2 Å². The first-order valence-corrected chi connectivity index (χ1v) is 7.80. The summed E-state index contributed by atoms with van der Waals surface area (Å²) in [5.74, 6) is 0. The van der Waals surface area contributed by atoms with E-state index in [1.165, 1.54) is 69.9 Å². The Morgan fingerprint density at radius 1 is 0.778 bits per heavy atom. The molecule has 0 radical (unpaired) electrons. The quantitative estimate of drug-likeness (QED) is 0.794. The van der Waals surface area contributed by atoms with Crippen molar-refractivity contribution in [2.45, 2.75) is 70.3 Å². The molecule has 1 saturated carbocycles. The zero-order valence-electron chi connectivity index (χ0n) is 11.4. The van der Waals surface area contributed by atoms with E-state index in [4.69, 9.17) is 0 Å². The Balaban J connectivity index is 1.64. The van der Waals surface area contributed by atoms with E-state index in [1.54, 1.807) is 11.1 Å². The van der Waals surface area contributed by atoms with E-state index < -0.39 is 0 Å². The van der Waals surface area contributed by atoms with Crippen LogP contribution in [0.25, 0.3) is 0 Å². The van der Waals surface area contributed by atoms with Crippen molar-refractivity contribution < 1.29 is 0 Å². The smallest absolute Gasteiger partial charge is 0.0345 e. The summed E-state index contributed by atoms with van der Waals surface area (Å²) in [6.07, 6.45) is 13.8. The van der Waals surface area contributed by atoms with Crippen molar-refractivity contribution in [3.05, 3.63) is 29.3 Å². The fourth-order valence-electron chi connectivity index (χ4n) is 3.50. The van der Waals surface area contributed by atoms with E-state index in [0.29, 0.717) is 6.04 Å². The predicted molar refractivity (Wildman–Crippen MR) is 78.2 cm³/mol. The van der Waals surface area contributed by atoms with Crippen LogP contribution in [0, 0.1) is 0 Å². The molecule has 1 N–H and O–H groups in total. The molecule has 3 rings (SSSR count). The van der Waals surface area contributed by atoms with Gasteiger partial charge in [0.05, 0.1) is 0 Å². The second kappa shape index (κ2) is 5.77. The van der Waals surface area contributed by atoms with E-state index in [9.17, 15) is 0 Å². The Kier molecular flexibility index (Phi) is 3.87. The normalized spacial score (nSPS) is 21.1. The molecule has 98 valence electrons. The zero-order chi connectivity index (χ0) is 12.2. The van der Waals surface area contributed by atoms with Crippen molar-refractivity contribution in [3.63, 3.8) is 0 Å². The number of nitrogens with one attached hydrogen (secondary N) is 1. The van der Waals surface area contributed by atoms with E-state index >= 15 is 0 Å². The minimum Gasteiger partial charge on any atom is -0.382 e. The lowest BCUT2D eigenvalue weighted by molar-refractivity contribution is 0.471. The molecule has 0 amide bonds. The first-order valence-electron chi connectivity index (χ1n) is 7.80. The molecule has 1 aromatic rings. The summed E-state index contributed by atoms with van der Waals surface area (Å²) in [6.45, 7) is 0. The molecule has 0 aliphatic heterocycles. The summed E-state index contributed by atoms with van der Waals surface area (Å²) in [5.41, 5.74) is 4.53. The summed E-state index contributed by atoms with van der Waals surface area (Å²) in [6, 6.07) is 7.75. The lowest BCUT2D eigenvalue weighted by Gasteiger charge is -2.22. The molecule has 0 aromatic heterocycles. The van der Waals surface area contributed by atoms with Gasteiger partial charge in [-0.25, -0.2) is 0 Å². The highest BCUT2D eigenvalue weighted by atomic mass is 14.9. The lowest BCUT2D eigenvalue weighted by atomic mass is 9.96. The van der Waals surface area contributed by atoms with Crippen molar-refractivity contribution in [1.29, 1.82) is 0 Å². The molecule has 1 heteroatoms. The molecule has 1 nitrogen and oxygen atoms in total. The second-order valence-corrected chi connectivity index (χ2v) is 6.02. The van der Waals surface area contributed by atoms with E-state index in [0.717, 1.165) is 0 Å². The van der Waals surface area contributed by atoms with Gasteiger partial charge < -0.3 is 5.32 Å². The fraction of sp³-hybridized carbons (Fsp3) is 0.647. The minimum absolute atomic E-state index is 0.713. The maximum absolute atomic E-state index is 3.78. The Hall–Kier alpha value is -0.980. The van der Waals surface area contributed by atoms with E-state index in [2.05, 4.69) is 23.5 Å². The van der Waals surface area contributed by atoms with Crippen LogP contribution < -0.4 is 5.32 Å². The van der Waals surface area contributed by atoms with Crippen molar-refractivity contribution >= 4 is 5.69 Å². The number of fused-ring (bicyclic) bond motifs is 1. The molecule has 1 fully saturated rings. The van der Waals surface area contributed by atoms with Gasteiger partial charge in [-0.1, -0.05) is 38.2 Å². The molecule has 1 aromatic carbocycles. The number of hydrogen-bond acceptors (Lipinski definition) is 1. The number of aryl methyl sites for hydroxylation is 2. The van der Waals surface area contributed by atoms with E-state index in [-0.39, 0.29) is 0 Å². The summed E-state index contributed by atoms with van der Waals surface area (Å²) in [5, 5.41) is 3.78. The first kappa shape index (κ1) is 12.1. The van der Waals surface area contributed by atoms with Gasteiger partial charge in [0.1, 0.15) is 0 Å². The topological polar surface area (TPSA) is 12.0 Å². The highest BCUT2D eigenvalue weighted by molar-refractivity contribution is 5.50. The Morgan fingerprint density at radius 3 is 2.33 bits per heavy atom. The largest absolute Gasteiger partial charge is 0.382 e. The van der Waals surface area contributed by atoms with Crippen molar-refractivity contribution in [2.75, 3.05) is 5.32 Å². The molecular formula is C17H25N. The van der Waals surface area contributed by atoms with Crippen LogP contribution in [-0.4, -0.2) is 6.04 Å². The zero-order valence-corrected chi connectivity index (χ0v) is 11.4. The van der Waals surface area contributed by atoms with Crippen LogP contribution in [0.1, 0.15) is 62.5 Å². The van der Waals surface area contributed by atoms with Gasteiger partial charge in [0.2, 0.25) is 0 Å². The van der Waals surface area contributed by atoms with Crippen molar-refractivity contribution in [1.82, 2.24) is 0 Å². The van der Waals surface area contributed by atoms with Crippen LogP contribution in [0.3, 0.4) is 0 Å². The van der Waals surface area contributed by atoms with Crippen molar-refractivity contribution in [2.24, 2.45) is 0 Å². The molecule has 0 spiro atoms. The minimum atomic E-state index is 0.713. The molecular weight excluding hydrogens is 218 g/mol. The highest BCUT2D eigenvalue weighted by Crippen LogP contribution is 2.26. The molecule has 0 unspecified atom stereocenters.